The number of aromatic nitrogens is 4. The molecule has 10 heteroatoms. The molecule has 2 aromatic heterocycles. The van der Waals surface area contributed by atoms with Crippen molar-refractivity contribution in [2.45, 2.75) is 37.6 Å². The van der Waals surface area contributed by atoms with Crippen LogP contribution in [0.5, 0.6) is 0 Å². The van der Waals surface area contributed by atoms with Crippen molar-refractivity contribution in [3.63, 3.8) is 0 Å². The van der Waals surface area contributed by atoms with Crippen LogP contribution < -0.4 is 10.2 Å². The Morgan fingerprint density at radius 2 is 1.97 bits per heavy atom. The van der Waals surface area contributed by atoms with E-state index >= 15 is 0 Å². The van der Waals surface area contributed by atoms with Crippen LogP contribution in [0.4, 0.5) is 26.1 Å². The molecule has 4 heterocycles. The fraction of sp³-hybridized carbons (Fsp3) is 0.500. The third kappa shape index (κ3) is 3.55. The first-order chi connectivity index (χ1) is 16.4. The second kappa shape index (κ2) is 7.60. The summed E-state index contributed by atoms with van der Waals surface area (Å²) < 4.78 is 30.0. The van der Waals surface area contributed by atoms with E-state index in [0.29, 0.717) is 47.1 Å². The smallest absolute Gasteiger partial charge is 0.256 e. The van der Waals surface area contributed by atoms with Crippen molar-refractivity contribution in [2.24, 2.45) is 5.41 Å². The monoisotopic (exact) mass is 464 g/mol. The molecular formula is C24H26F2N8. The third-order valence-corrected chi connectivity index (χ3v) is 7.62. The minimum absolute atomic E-state index is 0.0601. The van der Waals surface area contributed by atoms with Gasteiger partial charge in [-0.1, -0.05) is 0 Å². The summed E-state index contributed by atoms with van der Waals surface area (Å²) >= 11 is 0. The van der Waals surface area contributed by atoms with Crippen molar-refractivity contribution in [2.75, 3.05) is 43.4 Å². The molecule has 2 aliphatic heterocycles. The van der Waals surface area contributed by atoms with E-state index in [2.05, 4.69) is 33.4 Å². The van der Waals surface area contributed by atoms with Crippen LogP contribution in [0.15, 0.2) is 30.7 Å². The maximum Gasteiger partial charge on any atom is 0.256 e. The molecule has 34 heavy (non-hydrogen) atoms. The zero-order valence-electron chi connectivity index (χ0n) is 19.0. The quantitative estimate of drug-likeness (QED) is 0.626. The molecule has 1 atom stereocenters. The highest BCUT2D eigenvalue weighted by atomic mass is 19.3. The van der Waals surface area contributed by atoms with Crippen LogP contribution >= 0.6 is 0 Å². The molecule has 1 aromatic carbocycles. The topological polar surface area (TPSA) is 85.9 Å². The molecule has 3 aromatic rings. The van der Waals surface area contributed by atoms with Crippen LogP contribution in [0.3, 0.4) is 0 Å². The van der Waals surface area contributed by atoms with Gasteiger partial charge in [0.15, 0.2) is 0 Å². The highest BCUT2D eigenvalue weighted by Gasteiger charge is 2.72. The molecule has 8 nitrogen and oxygen atoms in total. The van der Waals surface area contributed by atoms with Crippen molar-refractivity contribution >= 4 is 28.2 Å². The first-order valence-electron chi connectivity index (χ1n) is 11.7. The Hall–Kier alpha value is -3.32. The molecule has 1 N–H and O–H groups in total. The number of nitrogens with one attached hydrogen (secondary N) is 1. The summed E-state index contributed by atoms with van der Waals surface area (Å²) in [6.45, 7) is 2.91. The first-order valence-corrected chi connectivity index (χ1v) is 11.7. The van der Waals surface area contributed by atoms with E-state index in [9.17, 15) is 14.0 Å². The number of likely N-dealkylation sites (tertiary alicyclic amines) is 1. The summed E-state index contributed by atoms with van der Waals surface area (Å²) in [6, 6.07) is 6.03. The van der Waals surface area contributed by atoms with Gasteiger partial charge in [-0.05, 0) is 51.5 Å². The largest absolute Gasteiger partial charge is 0.369 e. The van der Waals surface area contributed by atoms with Crippen LogP contribution in [0.1, 0.15) is 37.3 Å². The molecule has 2 saturated heterocycles. The molecule has 3 fully saturated rings. The Bertz CT molecular complexity index is 1290. The Balaban J connectivity index is 1.27. The third-order valence-electron chi connectivity index (χ3n) is 7.62. The second-order valence-corrected chi connectivity index (χ2v) is 9.94. The fourth-order valence-corrected chi connectivity index (χ4v) is 5.39. The summed E-state index contributed by atoms with van der Waals surface area (Å²) in [5.41, 5.74) is 1.70. The number of hydrogen-bond acceptors (Lipinski definition) is 7. The van der Waals surface area contributed by atoms with Crippen LogP contribution in [0.25, 0.3) is 10.9 Å². The van der Waals surface area contributed by atoms with E-state index in [0.717, 1.165) is 31.6 Å². The standard InChI is InChI=1S/C24H26F2N8/c1-32-5-2-19(3-6-32)34-13-18(12-29-34)30-22-28-11-17-8-16(10-27)9-20(21(17)31-22)33-7-4-23(15-33)14-24(23,25)26/h8-9,11-13,19H,2-7,14-15H2,1H3,(H,28,30,31). The van der Waals surface area contributed by atoms with Gasteiger partial charge in [0.1, 0.15) is 0 Å². The predicted octanol–water partition coefficient (Wildman–Crippen LogP) is 3.94. The van der Waals surface area contributed by atoms with Crippen LogP contribution in [-0.4, -0.2) is 63.8 Å². The van der Waals surface area contributed by atoms with Gasteiger partial charge in [0.2, 0.25) is 5.95 Å². The SMILES string of the molecule is CN1CCC(n2cc(Nc3ncc4cc(C#N)cc(N5CCC6(C5)CC6(F)F)c4n3)cn2)CC1. The summed E-state index contributed by atoms with van der Waals surface area (Å²) in [7, 11) is 2.13. The summed E-state index contributed by atoms with van der Waals surface area (Å²) in [5.74, 6) is -2.19. The Labute approximate surface area is 196 Å². The average molecular weight is 465 g/mol. The molecule has 6 rings (SSSR count). The average Bonchev–Trinajstić information content (AvgIpc) is 3.20. The lowest BCUT2D eigenvalue weighted by atomic mass is 10.1. The zero-order valence-corrected chi connectivity index (χ0v) is 19.0. The lowest BCUT2D eigenvalue weighted by Crippen LogP contribution is -2.31. The number of nitriles is 1. The number of benzene rings is 1. The van der Waals surface area contributed by atoms with E-state index in [1.54, 1.807) is 24.5 Å². The van der Waals surface area contributed by atoms with Gasteiger partial charge in [0.25, 0.3) is 5.92 Å². The highest BCUT2D eigenvalue weighted by Crippen LogP contribution is 2.65. The molecule has 1 aliphatic carbocycles. The van der Waals surface area contributed by atoms with Crippen LogP contribution in [0.2, 0.25) is 0 Å². The number of nitrogens with zero attached hydrogens (tertiary/aromatic N) is 7. The Morgan fingerprint density at radius 3 is 2.68 bits per heavy atom. The van der Waals surface area contributed by atoms with Gasteiger partial charge in [0.05, 0.1) is 46.2 Å². The minimum atomic E-state index is -2.60. The number of alkyl halides is 2. The Morgan fingerprint density at radius 1 is 1.18 bits per heavy atom. The van der Waals surface area contributed by atoms with Gasteiger partial charge >= 0.3 is 0 Å². The van der Waals surface area contributed by atoms with Crippen molar-refractivity contribution in [1.29, 1.82) is 5.26 Å². The lowest BCUT2D eigenvalue weighted by Gasteiger charge is -2.28. The van der Waals surface area contributed by atoms with E-state index in [-0.39, 0.29) is 13.0 Å². The molecule has 1 spiro atoms. The molecule has 176 valence electrons. The molecule has 1 saturated carbocycles. The van der Waals surface area contributed by atoms with Crippen molar-refractivity contribution < 1.29 is 8.78 Å². The predicted molar refractivity (Wildman–Crippen MR) is 124 cm³/mol. The van der Waals surface area contributed by atoms with E-state index in [1.807, 2.05) is 15.8 Å². The highest BCUT2D eigenvalue weighted by molar-refractivity contribution is 5.93. The van der Waals surface area contributed by atoms with Gasteiger partial charge in [-0.25, -0.2) is 18.7 Å². The number of piperidine rings is 1. The summed E-state index contributed by atoms with van der Waals surface area (Å²) in [5, 5.41) is 18.0. The van der Waals surface area contributed by atoms with Gasteiger partial charge in [0, 0.05) is 37.3 Å². The zero-order chi connectivity index (χ0) is 23.5. The van der Waals surface area contributed by atoms with Crippen molar-refractivity contribution in [3.8, 4) is 6.07 Å². The van der Waals surface area contributed by atoms with E-state index in [1.165, 1.54) is 0 Å². The molecule has 0 bridgehead atoms. The number of rotatable bonds is 4. The van der Waals surface area contributed by atoms with Crippen molar-refractivity contribution in [3.05, 3.63) is 36.3 Å². The van der Waals surface area contributed by atoms with Gasteiger partial charge in [-0.3, -0.25) is 4.68 Å². The molecule has 0 radical (unpaired) electrons. The molecule has 0 amide bonds. The van der Waals surface area contributed by atoms with E-state index < -0.39 is 11.3 Å². The lowest BCUT2D eigenvalue weighted by molar-refractivity contribution is 0.0711. The number of hydrogen-bond donors (Lipinski definition) is 1. The Kier molecular flexibility index (Phi) is 4.74. The van der Waals surface area contributed by atoms with Gasteiger partial charge < -0.3 is 15.1 Å². The van der Waals surface area contributed by atoms with Crippen LogP contribution in [-0.2, 0) is 0 Å². The van der Waals surface area contributed by atoms with Gasteiger partial charge in [-0.2, -0.15) is 10.4 Å². The van der Waals surface area contributed by atoms with E-state index in [4.69, 9.17) is 4.98 Å². The number of anilines is 3. The van der Waals surface area contributed by atoms with Gasteiger partial charge in [-0.15, -0.1) is 0 Å². The normalized spacial score (nSPS) is 24.6. The van der Waals surface area contributed by atoms with Crippen molar-refractivity contribution in [1.82, 2.24) is 24.6 Å². The maximum absolute atomic E-state index is 14.0. The first kappa shape index (κ1) is 21.2. The van der Waals surface area contributed by atoms with Crippen LogP contribution in [0, 0.1) is 16.7 Å². The maximum atomic E-state index is 14.0. The summed E-state index contributed by atoms with van der Waals surface area (Å²) in [6.07, 6.45) is 7.93. The molecule has 1 unspecified atom stereocenters. The number of halogens is 2. The summed E-state index contributed by atoms with van der Waals surface area (Å²) in [4.78, 5) is 13.4. The number of fused-ring (bicyclic) bond motifs is 1. The molecular weight excluding hydrogens is 438 g/mol. The molecule has 3 aliphatic rings. The second-order valence-electron chi connectivity index (χ2n) is 9.94. The minimum Gasteiger partial charge on any atom is -0.369 e. The fourth-order valence-electron chi connectivity index (χ4n) is 5.39.